The Morgan fingerprint density at radius 1 is 1.42 bits per heavy atom. The predicted octanol–water partition coefficient (Wildman–Crippen LogP) is 2.37. The minimum absolute atomic E-state index is 0.0151. The van der Waals surface area contributed by atoms with Crippen LogP contribution in [0.2, 0.25) is 0 Å². The van der Waals surface area contributed by atoms with E-state index in [1.54, 1.807) is 0 Å². The Hall–Kier alpha value is -0.530. The fourth-order valence-corrected chi connectivity index (χ4v) is 1.58. The first kappa shape index (κ1) is 9.56. The molecule has 0 aromatic carbocycles. The van der Waals surface area contributed by atoms with Crippen LogP contribution in [0.3, 0.4) is 0 Å². The zero-order valence-corrected chi connectivity index (χ0v) is 8.17. The topological polar surface area (TPSA) is 26.3 Å². The zero-order chi connectivity index (χ0) is 9.14. The van der Waals surface area contributed by atoms with Crippen LogP contribution in [0.15, 0.2) is 0 Å². The van der Waals surface area contributed by atoms with Crippen LogP contribution in [0.5, 0.6) is 0 Å². The summed E-state index contributed by atoms with van der Waals surface area (Å²) in [5, 5.41) is 0. The molecule has 0 bridgehead atoms. The van der Waals surface area contributed by atoms with Crippen molar-refractivity contribution in [2.45, 2.75) is 46.1 Å². The van der Waals surface area contributed by atoms with Crippen LogP contribution in [-0.4, -0.2) is 12.1 Å². The smallest absolute Gasteiger partial charge is 0.306 e. The highest BCUT2D eigenvalue weighted by atomic mass is 16.5. The van der Waals surface area contributed by atoms with Gasteiger partial charge in [0.1, 0.15) is 6.10 Å². The number of esters is 1. The van der Waals surface area contributed by atoms with E-state index < -0.39 is 0 Å². The maximum Gasteiger partial charge on any atom is 0.306 e. The second kappa shape index (κ2) is 3.92. The number of ether oxygens (including phenoxy) is 1. The first-order chi connectivity index (χ1) is 5.59. The number of cyclic esters (lactones) is 1. The largest absolute Gasteiger partial charge is 0.462 e. The summed E-state index contributed by atoms with van der Waals surface area (Å²) in [5.74, 6) is 0.944. The molecule has 0 amide bonds. The lowest BCUT2D eigenvalue weighted by atomic mass is 9.97. The molecule has 1 aliphatic rings. The first-order valence-electron chi connectivity index (χ1n) is 4.79. The Labute approximate surface area is 74.3 Å². The van der Waals surface area contributed by atoms with Crippen LogP contribution in [-0.2, 0) is 9.53 Å². The fraction of sp³-hybridized carbons (Fsp3) is 0.900. The minimum Gasteiger partial charge on any atom is -0.462 e. The van der Waals surface area contributed by atoms with E-state index in [0.29, 0.717) is 18.3 Å². The maximum absolute atomic E-state index is 11.2. The van der Waals surface area contributed by atoms with Gasteiger partial charge in [0.2, 0.25) is 0 Å². The molecule has 1 fully saturated rings. The van der Waals surface area contributed by atoms with Gasteiger partial charge < -0.3 is 4.74 Å². The molecule has 2 heteroatoms. The monoisotopic (exact) mass is 170 g/mol. The SMILES string of the molecule is CC1CCC(C(C)C)OC(=O)C1. The summed E-state index contributed by atoms with van der Waals surface area (Å²) in [6, 6.07) is 0. The van der Waals surface area contributed by atoms with Gasteiger partial charge in [0.05, 0.1) is 0 Å². The Kier molecular flexibility index (Phi) is 3.12. The predicted molar refractivity (Wildman–Crippen MR) is 47.7 cm³/mol. The van der Waals surface area contributed by atoms with Gasteiger partial charge in [-0.05, 0) is 24.7 Å². The summed E-state index contributed by atoms with van der Waals surface area (Å²) in [7, 11) is 0. The van der Waals surface area contributed by atoms with E-state index in [9.17, 15) is 4.79 Å². The van der Waals surface area contributed by atoms with Crippen LogP contribution in [0.1, 0.15) is 40.0 Å². The van der Waals surface area contributed by atoms with Crippen molar-refractivity contribution in [2.75, 3.05) is 0 Å². The summed E-state index contributed by atoms with van der Waals surface area (Å²) in [4.78, 5) is 11.2. The Morgan fingerprint density at radius 2 is 2.08 bits per heavy atom. The third-order valence-electron chi connectivity index (χ3n) is 2.49. The summed E-state index contributed by atoms with van der Waals surface area (Å²) in [5.41, 5.74) is 0. The number of carbonyl (C=O) groups is 1. The highest BCUT2D eigenvalue weighted by Crippen LogP contribution is 2.23. The van der Waals surface area contributed by atoms with E-state index in [0.717, 1.165) is 12.8 Å². The Bertz CT molecular complexity index is 163. The van der Waals surface area contributed by atoms with Gasteiger partial charge in [-0.15, -0.1) is 0 Å². The van der Waals surface area contributed by atoms with Gasteiger partial charge in [0, 0.05) is 6.42 Å². The molecule has 70 valence electrons. The van der Waals surface area contributed by atoms with E-state index >= 15 is 0 Å². The lowest BCUT2D eigenvalue weighted by Gasteiger charge is -2.18. The normalized spacial score (nSPS) is 31.5. The molecule has 1 rings (SSSR count). The molecule has 0 aromatic heterocycles. The summed E-state index contributed by atoms with van der Waals surface area (Å²) in [6.07, 6.45) is 2.91. The number of carbonyl (C=O) groups excluding carboxylic acids is 1. The van der Waals surface area contributed by atoms with Crippen molar-refractivity contribution < 1.29 is 9.53 Å². The maximum atomic E-state index is 11.2. The third-order valence-corrected chi connectivity index (χ3v) is 2.49. The second-order valence-electron chi connectivity index (χ2n) is 4.16. The van der Waals surface area contributed by atoms with Gasteiger partial charge in [-0.2, -0.15) is 0 Å². The van der Waals surface area contributed by atoms with Crippen LogP contribution >= 0.6 is 0 Å². The molecule has 1 saturated heterocycles. The van der Waals surface area contributed by atoms with Gasteiger partial charge >= 0.3 is 5.97 Å². The standard InChI is InChI=1S/C10H18O2/c1-7(2)9-5-4-8(3)6-10(11)12-9/h7-9H,4-6H2,1-3H3. The summed E-state index contributed by atoms with van der Waals surface area (Å²) >= 11 is 0. The number of hydrogen-bond acceptors (Lipinski definition) is 2. The minimum atomic E-state index is -0.0151. The fourth-order valence-electron chi connectivity index (χ4n) is 1.58. The van der Waals surface area contributed by atoms with Crippen LogP contribution < -0.4 is 0 Å². The van der Waals surface area contributed by atoms with Crippen LogP contribution in [0.4, 0.5) is 0 Å². The van der Waals surface area contributed by atoms with Crippen LogP contribution in [0, 0.1) is 11.8 Å². The van der Waals surface area contributed by atoms with Crippen molar-refractivity contribution in [3.05, 3.63) is 0 Å². The molecule has 2 atom stereocenters. The van der Waals surface area contributed by atoms with Crippen molar-refractivity contribution >= 4 is 5.97 Å². The number of rotatable bonds is 1. The molecule has 0 aromatic rings. The number of hydrogen-bond donors (Lipinski definition) is 0. The Morgan fingerprint density at radius 3 is 2.67 bits per heavy atom. The molecule has 0 radical (unpaired) electrons. The molecule has 1 heterocycles. The first-order valence-corrected chi connectivity index (χ1v) is 4.79. The molecule has 0 saturated carbocycles. The molecule has 2 nitrogen and oxygen atoms in total. The summed E-state index contributed by atoms with van der Waals surface area (Å²) < 4.78 is 5.30. The lowest BCUT2D eigenvalue weighted by Crippen LogP contribution is -2.21. The quantitative estimate of drug-likeness (QED) is 0.565. The molecule has 12 heavy (non-hydrogen) atoms. The lowest BCUT2D eigenvalue weighted by molar-refractivity contribution is -0.150. The van der Waals surface area contributed by atoms with E-state index in [1.165, 1.54) is 0 Å². The van der Waals surface area contributed by atoms with Crippen molar-refractivity contribution in [1.82, 2.24) is 0 Å². The molecular weight excluding hydrogens is 152 g/mol. The molecular formula is C10H18O2. The van der Waals surface area contributed by atoms with Gasteiger partial charge in [-0.1, -0.05) is 20.8 Å². The summed E-state index contributed by atoms with van der Waals surface area (Å²) in [6.45, 7) is 6.33. The third kappa shape index (κ3) is 2.50. The van der Waals surface area contributed by atoms with Crippen molar-refractivity contribution in [1.29, 1.82) is 0 Å². The van der Waals surface area contributed by atoms with Crippen LogP contribution in [0.25, 0.3) is 0 Å². The van der Waals surface area contributed by atoms with E-state index in [1.807, 2.05) is 0 Å². The highest BCUT2D eigenvalue weighted by Gasteiger charge is 2.24. The average Bonchev–Trinajstić information content (AvgIpc) is 2.11. The molecule has 0 spiro atoms. The van der Waals surface area contributed by atoms with Crippen molar-refractivity contribution in [3.63, 3.8) is 0 Å². The highest BCUT2D eigenvalue weighted by molar-refractivity contribution is 5.70. The molecule has 2 unspecified atom stereocenters. The van der Waals surface area contributed by atoms with Gasteiger partial charge in [-0.25, -0.2) is 0 Å². The second-order valence-corrected chi connectivity index (χ2v) is 4.16. The molecule has 0 N–H and O–H groups in total. The zero-order valence-electron chi connectivity index (χ0n) is 8.17. The van der Waals surface area contributed by atoms with Gasteiger partial charge in [-0.3, -0.25) is 4.79 Å². The Balaban J connectivity index is 2.52. The van der Waals surface area contributed by atoms with E-state index in [4.69, 9.17) is 4.74 Å². The van der Waals surface area contributed by atoms with Crippen molar-refractivity contribution in [2.24, 2.45) is 11.8 Å². The van der Waals surface area contributed by atoms with E-state index in [-0.39, 0.29) is 12.1 Å². The average molecular weight is 170 g/mol. The molecule has 1 aliphatic heterocycles. The van der Waals surface area contributed by atoms with Crippen molar-refractivity contribution in [3.8, 4) is 0 Å². The molecule has 0 aliphatic carbocycles. The van der Waals surface area contributed by atoms with Gasteiger partial charge in [0.15, 0.2) is 0 Å². The van der Waals surface area contributed by atoms with Gasteiger partial charge in [0.25, 0.3) is 0 Å². The van der Waals surface area contributed by atoms with E-state index in [2.05, 4.69) is 20.8 Å².